The third-order valence-corrected chi connectivity index (χ3v) is 3.24. The van der Waals surface area contributed by atoms with Crippen LogP contribution in [0.2, 0.25) is 0 Å². The van der Waals surface area contributed by atoms with Crippen LogP contribution in [0, 0.1) is 0 Å². The van der Waals surface area contributed by atoms with Gasteiger partial charge in [0.2, 0.25) is 0 Å². The summed E-state index contributed by atoms with van der Waals surface area (Å²) < 4.78 is 7.22. The summed E-state index contributed by atoms with van der Waals surface area (Å²) in [5, 5.41) is 8.34. The second-order valence-electron chi connectivity index (χ2n) is 4.56. The van der Waals surface area contributed by atoms with E-state index in [2.05, 4.69) is 20.2 Å². The van der Waals surface area contributed by atoms with Gasteiger partial charge >= 0.3 is 0 Å². The van der Waals surface area contributed by atoms with E-state index in [1.807, 2.05) is 23.0 Å². The fraction of sp³-hybridized carbons (Fsp3) is 0.462. The van der Waals surface area contributed by atoms with Crippen molar-refractivity contribution >= 4 is 0 Å². The zero-order valence-corrected chi connectivity index (χ0v) is 10.8. The van der Waals surface area contributed by atoms with Crippen molar-refractivity contribution in [3.63, 3.8) is 0 Å². The van der Waals surface area contributed by atoms with Gasteiger partial charge in [-0.15, -0.1) is 5.10 Å². The minimum absolute atomic E-state index is 0.832. The van der Waals surface area contributed by atoms with Crippen LogP contribution in [0.5, 0.6) is 0 Å². The average Bonchev–Trinajstić information content (AvgIpc) is 2.96. The highest BCUT2D eigenvalue weighted by atomic mass is 16.5. The number of morpholine rings is 1. The van der Waals surface area contributed by atoms with E-state index >= 15 is 0 Å². The molecule has 0 aliphatic carbocycles. The van der Waals surface area contributed by atoms with Crippen molar-refractivity contribution in [3.8, 4) is 11.3 Å². The molecule has 3 heterocycles. The fourth-order valence-corrected chi connectivity index (χ4v) is 2.12. The maximum atomic E-state index is 5.33. The molecule has 6 nitrogen and oxygen atoms in total. The van der Waals surface area contributed by atoms with E-state index < -0.39 is 0 Å². The number of aromatic nitrogens is 4. The second-order valence-corrected chi connectivity index (χ2v) is 4.56. The Bertz CT molecular complexity index is 507. The van der Waals surface area contributed by atoms with Gasteiger partial charge in [0.15, 0.2) is 0 Å². The molecule has 3 rings (SSSR count). The summed E-state index contributed by atoms with van der Waals surface area (Å²) >= 11 is 0. The molecule has 0 N–H and O–H groups in total. The molecular weight excluding hydrogens is 242 g/mol. The van der Waals surface area contributed by atoms with Gasteiger partial charge < -0.3 is 4.74 Å². The monoisotopic (exact) mass is 259 g/mol. The molecule has 0 saturated carbocycles. The zero-order chi connectivity index (χ0) is 12.9. The van der Waals surface area contributed by atoms with Crippen LogP contribution < -0.4 is 0 Å². The Kier molecular flexibility index (Phi) is 3.81. The van der Waals surface area contributed by atoms with Gasteiger partial charge in [0.05, 0.1) is 26.0 Å². The number of nitrogens with zero attached hydrogens (tertiary/aromatic N) is 5. The largest absolute Gasteiger partial charge is 0.379 e. The molecule has 1 aliphatic rings. The molecular formula is C13H17N5O. The lowest BCUT2D eigenvalue weighted by molar-refractivity contribution is 0.0359. The normalized spacial score (nSPS) is 16.6. The molecule has 100 valence electrons. The minimum Gasteiger partial charge on any atom is -0.379 e. The maximum Gasteiger partial charge on any atom is 0.114 e. The van der Waals surface area contributed by atoms with Gasteiger partial charge in [-0.2, -0.15) is 0 Å². The van der Waals surface area contributed by atoms with Crippen molar-refractivity contribution in [1.82, 2.24) is 24.9 Å². The molecule has 6 heteroatoms. The molecule has 0 atom stereocenters. The molecule has 0 aromatic carbocycles. The van der Waals surface area contributed by atoms with Gasteiger partial charge in [-0.05, 0) is 12.1 Å². The Balaban J connectivity index is 1.59. The van der Waals surface area contributed by atoms with Crippen LogP contribution >= 0.6 is 0 Å². The van der Waals surface area contributed by atoms with E-state index in [1.54, 1.807) is 12.4 Å². The number of hydrogen-bond donors (Lipinski definition) is 0. The molecule has 0 spiro atoms. The maximum absolute atomic E-state index is 5.33. The Morgan fingerprint density at radius 1 is 1.21 bits per heavy atom. The van der Waals surface area contributed by atoms with E-state index in [9.17, 15) is 0 Å². The summed E-state index contributed by atoms with van der Waals surface area (Å²) in [7, 11) is 0. The Labute approximate surface area is 112 Å². The second kappa shape index (κ2) is 5.90. The first-order valence-corrected chi connectivity index (χ1v) is 6.52. The molecule has 1 aliphatic heterocycles. The molecule has 0 radical (unpaired) electrons. The van der Waals surface area contributed by atoms with Gasteiger partial charge in [-0.1, -0.05) is 5.21 Å². The van der Waals surface area contributed by atoms with Crippen LogP contribution in [-0.2, 0) is 11.3 Å². The van der Waals surface area contributed by atoms with Crippen molar-refractivity contribution in [2.24, 2.45) is 0 Å². The number of rotatable bonds is 4. The van der Waals surface area contributed by atoms with E-state index in [1.165, 1.54) is 0 Å². The fourth-order valence-electron chi connectivity index (χ4n) is 2.12. The van der Waals surface area contributed by atoms with Crippen molar-refractivity contribution in [3.05, 3.63) is 30.7 Å². The summed E-state index contributed by atoms with van der Waals surface area (Å²) in [5.41, 5.74) is 1.87. The van der Waals surface area contributed by atoms with Crippen molar-refractivity contribution in [2.75, 3.05) is 32.8 Å². The summed E-state index contributed by atoms with van der Waals surface area (Å²) in [6.07, 6.45) is 5.53. The Hall–Kier alpha value is -1.79. The predicted molar refractivity (Wildman–Crippen MR) is 70.5 cm³/mol. The van der Waals surface area contributed by atoms with Gasteiger partial charge in [0, 0.05) is 37.6 Å². The number of ether oxygens (including phenoxy) is 1. The summed E-state index contributed by atoms with van der Waals surface area (Å²) in [6, 6.07) is 3.89. The van der Waals surface area contributed by atoms with Gasteiger partial charge in [0.1, 0.15) is 5.69 Å². The van der Waals surface area contributed by atoms with Crippen molar-refractivity contribution < 1.29 is 4.74 Å². The third kappa shape index (κ3) is 3.15. The van der Waals surface area contributed by atoms with E-state index in [0.717, 1.165) is 50.7 Å². The molecule has 2 aromatic heterocycles. The standard InChI is InChI=1S/C13H17N5O/c1-2-12(10-14-3-1)13-11-18(16-15-13)5-4-17-6-8-19-9-7-17/h1-3,10-11H,4-9H2. The molecule has 1 saturated heterocycles. The average molecular weight is 259 g/mol. The lowest BCUT2D eigenvalue weighted by Gasteiger charge is -2.26. The first-order chi connectivity index (χ1) is 9.42. The highest BCUT2D eigenvalue weighted by molar-refractivity contribution is 5.55. The van der Waals surface area contributed by atoms with Crippen LogP contribution in [0.1, 0.15) is 0 Å². The topological polar surface area (TPSA) is 56.1 Å². The zero-order valence-electron chi connectivity index (χ0n) is 10.8. The van der Waals surface area contributed by atoms with Crippen LogP contribution in [0.3, 0.4) is 0 Å². The van der Waals surface area contributed by atoms with Gasteiger partial charge in [0.25, 0.3) is 0 Å². The molecule has 0 unspecified atom stereocenters. The van der Waals surface area contributed by atoms with E-state index in [0.29, 0.717) is 0 Å². The van der Waals surface area contributed by atoms with E-state index in [4.69, 9.17) is 4.74 Å². The molecule has 0 amide bonds. The first kappa shape index (κ1) is 12.3. The minimum atomic E-state index is 0.832. The summed E-state index contributed by atoms with van der Waals surface area (Å²) in [6.45, 7) is 5.51. The van der Waals surface area contributed by atoms with Crippen LogP contribution in [-0.4, -0.2) is 57.7 Å². The lowest BCUT2D eigenvalue weighted by Crippen LogP contribution is -2.38. The van der Waals surface area contributed by atoms with Gasteiger partial charge in [-0.3, -0.25) is 14.6 Å². The lowest BCUT2D eigenvalue weighted by atomic mass is 10.2. The molecule has 0 bridgehead atoms. The highest BCUT2D eigenvalue weighted by Gasteiger charge is 2.10. The van der Waals surface area contributed by atoms with Crippen molar-refractivity contribution in [1.29, 1.82) is 0 Å². The van der Waals surface area contributed by atoms with Crippen LogP contribution in [0.4, 0.5) is 0 Å². The quantitative estimate of drug-likeness (QED) is 0.808. The third-order valence-electron chi connectivity index (χ3n) is 3.24. The van der Waals surface area contributed by atoms with Crippen molar-refractivity contribution in [2.45, 2.75) is 6.54 Å². The summed E-state index contributed by atoms with van der Waals surface area (Å²) in [4.78, 5) is 6.47. The Morgan fingerprint density at radius 2 is 2.11 bits per heavy atom. The van der Waals surface area contributed by atoms with Gasteiger partial charge in [-0.25, -0.2) is 0 Å². The van der Waals surface area contributed by atoms with Crippen LogP contribution in [0.15, 0.2) is 30.7 Å². The molecule has 2 aromatic rings. The predicted octanol–water partition coefficient (Wildman–Crippen LogP) is 0.672. The molecule has 1 fully saturated rings. The SMILES string of the molecule is c1cncc(-c2cn(CCN3CCOCC3)nn2)c1. The number of hydrogen-bond acceptors (Lipinski definition) is 5. The van der Waals surface area contributed by atoms with E-state index in [-0.39, 0.29) is 0 Å². The smallest absolute Gasteiger partial charge is 0.114 e. The summed E-state index contributed by atoms with van der Waals surface area (Å²) in [5.74, 6) is 0. The van der Waals surface area contributed by atoms with Crippen LogP contribution in [0.25, 0.3) is 11.3 Å². The Morgan fingerprint density at radius 3 is 2.89 bits per heavy atom. The first-order valence-electron chi connectivity index (χ1n) is 6.52. The molecule has 19 heavy (non-hydrogen) atoms. The number of pyridine rings is 1. The highest BCUT2D eigenvalue weighted by Crippen LogP contribution is 2.13.